The molecule has 0 aliphatic heterocycles. The van der Waals surface area contributed by atoms with E-state index in [2.05, 4.69) is 20.6 Å². The molecule has 0 aliphatic carbocycles. The van der Waals surface area contributed by atoms with Gasteiger partial charge in [-0.2, -0.15) is 0 Å². The Morgan fingerprint density at radius 1 is 1.15 bits per heavy atom. The van der Waals surface area contributed by atoms with Gasteiger partial charge in [0, 0.05) is 5.69 Å². The van der Waals surface area contributed by atoms with Crippen molar-refractivity contribution in [1.82, 2.24) is 9.97 Å². The topological polar surface area (TPSA) is 76.1 Å². The van der Waals surface area contributed by atoms with Gasteiger partial charge in [0.15, 0.2) is 0 Å². The second kappa shape index (κ2) is 7.79. The van der Waals surface area contributed by atoms with Gasteiger partial charge in [0.1, 0.15) is 23.1 Å². The van der Waals surface area contributed by atoms with Crippen molar-refractivity contribution in [2.75, 3.05) is 17.7 Å². The van der Waals surface area contributed by atoms with Crippen molar-refractivity contribution in [2.45, 2.75) is 0 Å². The average molecular weight is 373 g/mol. The van der Waals surface area contributed by atoms with Crippen molar-refractivity contribution in [3.63, 3.8) is 0 Å². The number of nitrogens with zero attached hydrogens (tertiary/aromatic N) is 2. The van der Waals surface area contributed by atoms with Gasteiger partial charge in [0.05, 0.1) is 30.2 Å². The largest absolute Gasteiger partial charge is 0.495 e. The summed E-state index contributed by atoms with van der Waals surface area (Å²) in [7, 11) is 1.51. The first-order valence-corrected chi connectivity index (χ1v) is 7.93. The molecule has 1 amide bonds. The zero-order valence-electron chi connectivity index (χ0n) is 13.7. The Balaban J connectivity index is 1.69. The number of ether oxygens (including phenoxy) is 1. The third-order valence-electron chi connectivity index (χ3n) is 3.43. The van der Waals surface area contributed by atoms with Gasteiger partial charge in [-0.05, 0) is 30.3 Å². The highest BCUT2D eigenvalue weighted by Crippen LogP contribution is 2.27. The van der Waals surface area contributed by atoms with Crippen molar-refractivity contribution in [2.24, 2.45) is 0 Å². The van der Waals surface area contributed by atoms with Gasteiger partial charge in [-0.15, -0.1) is 0 Å². The molecule has 0 saturated carbocycles. The van der Waals surface area contributed by atoms with Crippen LogP contribution in [0.3, 0.4) is 0 Å². The zero-order chi connectivity index (χ0) is 18.5. The molecule has 0 fully saturated rings. The summed E-state index contributed by atoms with van der Waals surface area (Å²) in [6.07, 6.45) is 2.64. The predicted octanol–water partition coefficient (Wildman–Crippen LogP) is 4.27. The molecule has 1 aromatic heterocycles. The number of carbonyl (C=O) groups is 1. The Hall–Kier alpha value is -3.19. The van der Waals surface area contributed by atoms with Gasteiger partial charge in [0.2, 0.25) is 0 Å². The van der Waals surface area contributed by atoms with E-state index in [4.69, 9.17) is 16.3 Å². The van der Waals surface area contributed by atoms with Gasteiger partial charge in [-0.1, -0.05) is 23.7 Å². The molecule has 0 saturated heterocycles. The first kappa shape index (κ1) is 17.6. The Labute approximate surface area is 154 Å². The fraction of sp³-hybridized carbons (Fsp3) is 0.0556. The van der Waals surface area contributed by atoms with E-state index in [1.54, 1.807) is 36.4 Å². The zero-order valence-corrected chi connectivity index (χ0v) is 14.4. The Kier molecular flexibility index (Phi) is 5.28. The number of anilines is 3. The molecule has 3 rings (SSSR count). The monoisotopic (exact) mass is 372 g/mol. The number of amides is 1. The fourth-order valence-corrected chi connectivity index (χ4v) is 2.41. The lowest BCUT2D eigenvalue weighted by Gasteiger charge is -2.09. The Morgan fingerprint density at radius 3 is 2.62 bits per heavy atom. The minimum Gasteiger partial charge on any atom is -0.495 e. The predicted molar refractivity (Wildman–Crippen MR) is 97.7 cm³/mol. The number of halogens is 2. The van der Waals surface area contributed by atoms with E-state index in [9.17, 15) is 9.18 Å². The number of para-hydroxylation sites is 1. The quantitative estimate of drug-likeness (QED) is 0.699. The van der Waals surface area contributed by atoms with Gasteiger partial charge < -0.3 is 15.4 Å². The number of rotatable bonds is 5. The summed E-state index contributed by atoms with van der Waals surface area (Å²) >= 11 is 6.03. The number of hydrogen-bond donors (Lipinski definition) is 2. The molecule has 26 heavy (non-hydrogen) atoms. The fourth-order valence-electron chi connectivity index (χ4n) is 2.15. The smallest absolute Gasteiger partial charge is 0.275 e. The molecule has 2 N–H and O–H groups in total. The molecule has 3 aromatic rings. The maximum atomic E-state index is 13.6. The minimum absolute atomic E-state index is 0.107. The van der Waals surface area contributed by atoms with E-state index in [0.717, 1.165) is 0 Å². The van der Waals surface area contributed by atoms with Gasteiger partial charge >= 0.3 is 0 Å². The highest BCUT2D eigenvalue weighted by atomic mass is 35.5. The Morgan fingerprint density at radius 2 is 1.96 bits per heavy atom. The molecular weight excluding hydrogens is 359 g/mol. The van der Waals surface area contributed by atoms with E-state index in [1.165, 1.54) is 25.6 Å². The molecule has 1 heterocycles. The summed E-state index contributed by atoms with van der Waals surface area (Å²) in [6, 6.07) is 11.1. The summed E-state index contributed by atoms with van der Waals surface area (Å²) in [6.45, 7) is 0. The van der Waals surface area contributed by atoms with Crippen LogP contribution in [0.25, 0.3) is 0 Å². The molecule has 0 atom stereocenters. The van der Waals surface area contributed by atoms with Crippen LogP contribution >= 0.6 is 11.6 Å². The molecule has 132 valence electrons. The molecule has 0 radical (unpaired) electrons. The van der Waals surface area contributed by atoms with Crippen LogP contribution in [0.4, 0.5) is 21.6 Å². The minimum atomic E-state index is -0.448. The number of hydrogen-bond acceptors (Lipinski definition) is 5. The second-order valence-electron chi connectivity index (χ2n) is 5.20. The van der Waals surface area contributed by atoms with E-state index >= 15 is 0 Å². The standard InChI is InChI=1S/C18H14ClFN4O2/c1-26-16-7-6-11(8-12(16)19)23-18(25)15-9-22-17(10-21-15)24-14-5-3-2-4-13(14)20/h2-10H,1H3,(H,22,24)(H,23,25). The van der Waals surface area contributed by atoms with Gasteiger partial charge in [-0.25, -0.2) is 14.4 Å². The summed E-state index contributed by atoms with van der Waals surface area (Å²) in [5, 5.41) is 5.84. The van der Waals surface area contributed by atoms with Crippen molar-refractivity contribution < 1.29 is 13.9 Å². The summed E-state index contributed by atoms with van der Waals surface area (Å²) in [4.78, 5) is 20.4. The molecule has 0 aliphatic rings. The lowest BCUT2D eigenvalue weighted by molar-refractivity contribution is 0.102. The van der Waals surface area contributed by atoms with Gasteiger partial charge in [-0.3, -0.25) is 4.79 Å². The highest BCUT2D eigenvalue weighted by molar-refractivity contribution is 6.32. The van der Waals surface area contributed by atoms with Crippen LogP contribution in [-0.2, 0) is 0 Å². The second-order valence-corrected chi connectivity index (χ2v) is 5.60. The molecule has 0 unspecified atom stereocenters. The molecule has 2 aromatic carbocycles. The third-order valence-corrected chi connectivity index (χ3v) is 3.73. The van der Waals surface area contributed by atoms with Crippen LogP contribution in [0.5, 0.6) is 5.75 Å². The van der Waals surface area contributed by atoms with E-state index in [-0.39, 0.29) is 11.4 Å². The summed E-state index contributed by atoms with van der Waals surface area (Å²) < 4.78 is 18.7. The lowest BCUT2D eigenvalue weighted by atomic mass is 10.3. The van der Waals surface area contributed by atoms with Crippen molar-refractivity contribution in [1.29, 1.82) is 0 Å². The van der Waals surface area contributed by atoms with Crippen molar-refractivity contribution >= 4 is 34.7 Å². The van der Waals surface area contributed by atoms with Crippen molar-refractivity contribution in [3.05, 3.63) is 71.4 Å². The number of carbonyl (C=O) groups excluding carboxylic acids is 1. The van der Waals surface area contributed by atoms with Crippen LogP contribution in [0.2, 0.25) is 5.02 Å². The maximum Gasteiger partial charge on any atom is 0.275 e. The van der Waals surface area contributed by atoms with Crippen molar-refractivity contribution in [3.8, 4) is 5.75 Å². The van der Waals surface area contributed by atoms with E-state index in [1.807, 2.05) is 0 Å². The van der Waals surface area contributed by atoms with Crippen LogP contribution < -0.4 is 15.4 Å². The van der Waals surface area contributed by atoms with Crippen LogP contribution in [0, 0.1) is 5.82 Å². The van der Waals surface area contributed by atoms with Crippen LogP contribution in [0.15, 0.2) is 54.9 Å². The molecule has 6 nitrogen and oxygen atoms in total. The summed E-state index contributed by atoms with van der Waals surface area (Å²) in [5.74, 6) is -0.0316. The Bertz CT molecular complexity index is 935. The maximum absolute atomic E-state index is 13.6. The number of aromatic nitrogens is 2. The molecular formula is C18H14ClFN4O2. The van der Waals surface area contributed by atoms with E-state index < -0.39 is 11.7 Å². The van der Waals surface area contributed by atoms with Crippen LogP contribution in [-0.4, -0.2) is 23.0 Å². The molecule has 0 bridgehead atoms. The lowest BCUT2D eigenvalue weighted by Crippen LogP contribution is -2.14. The van der Waals surface area contributed by atoms with Crippen LogP contribution in [0.1, 0.15) is 10.5 Å². The molecule has 8 heteroatoms. The first-order valence-electron chi connectivity index (χ1n) is 7.55. The number of methoxy groups -OCH3 is 1. The number of benzene rings is 2. The first-order chi connectivity index (χ1) is 12.6. The third kappa shape index (κ3) is 4.07. The van der Waals surface area contributed by atoms with Gasteiger partial charge in [0.25, 0.3) is 5.91 Å². The highest BCUT2D eigenvalue weighted by Gasteiger charge is 2.11. The molecule has 0 spiro atoms. The average Bonchev–Trinajstić information content (AvgIpc) is 2.64. The SMILES string of the molecule is COc1ccc(NC(=O)c2cnc(Nc3ccccc3F)cn2)cc1Cl. The number of nitrogens with one attached hydrogen (secondary N) is 2. The normalized spacial score (nSPS) is 10.3. The summed E-state index contributed by atoms with van der Waals surface area (Å²) in [5.41, 5.74) is 0.874. The van der Waals surface area contributed by atoms with E-state index in [0.29, 0.717) is 22.3 Å².